The number of aliphatic hydroxyl groups excluding tert-OH is 1. The van der Waals surface area contributed by atoms with Crippen LogP contribution >= 0.6 is 24.8 Å². The van der Waals surface area contributed by atoms with Gasteiger partial charge in [0.05, 0.1) is 11.8 Å². The van der Waals surface area contributed by atoms with Crippen LogP contribution < -0.4 is 5.73 Å². The van der Waals surface area contributed by atoms with Crippen molar-refractivity contribution in [3.63, 3.8) is 0 Å². The van der Waals surface area contributed by atoms with E-state index in [0.717, 1.165) is 18.5 Å². The Morgan fingerprint density at radius 3 is 2.65 bits per heavy atom. The van der Waals surface area contributed by atoms with E-state index >= 15 is 0 Å². The smallest absolute Gasteiger partial charge is 0.146 e. The van der Waals surface area contributed by atoms with E-state index < -0.39 is 0 Å². The van der Waals surface area contributed by atoms with Crippen LogP contribution in [0, 0.1) is 5.82 Å². The zero-order chi connectivity index (χ0) is 10.8. The maximum absolute atomic E-state index is 13.1. The Morgan fingerprint density at radius 1 is 1.41 bits per heavy atom. The van der Waals surface area contributed by atoms with Crippen LogP contribution in [-0.2, 0) is 6.54 Å². The molecule has 1 aromatic carbocycles. The first-order valence-corrected chi connectivity index (χ1v) is 5.09. The van der Waals surface area contributed by atoms with Crippen molar-refractivity contribution in [2.24, 2.45) is 0 Å². The number of β-amino-alcohol motifs (C(OH)–C–C–N with tert-alkyl or cyclic N) is 1. The SMILES string of the molecule is Cl.Cl.Nc1ccc(CN2CCC(O)C2)cc1F. The van der Waals surface area contributed by atoms with Gasteiger partial charge in [-0.2, -0.15) is 0 Å². The number of hydrogen-bond donors (Lipinski definition) is 2. The lowest BCUT2D eigenvalue weighted by Crippen LogP contribution is -2.21. The van der Waals surface area contributed by atoms with Crippen molar-refractivity contribution in [3.8, 4) is 0 Å². The largest absolute Gasteiger partial charge is 0.396 e. The Labute approximate surface area is 113 Å². The van der Waals surface area contributed by atoms with Crippen LogP contribution in [-0.4, -0.2) is 29.2 Å². The van der Waals surface area contributed by atoms with Gasteiger partial charge in [0.2, 0.25) is 0 Å². The van der Waals surface area contributed by atoms with Gasteiger partial charge in [-0.1, -0.05) is 6.07 Å². The number of hydrogen-bond acceptors (Lipinski definition) is 3. The molecule has 0 radical (unpaired) electrons. The molecule has 1 saturated heterocycles. The molecule has 17 heavy (non-hydrogen) atoms. The fraction of sp³-hybridized carbons (Fsp3) is 0.455. The molecule has 6 heteroatoms. The minimum Gasteiger partial charge on any atom is -0.396 e. The maximum atomic E-state index is 13.1. The summed E-state index contributed by atoms with van der Waals surface area (Å²) in [5, 5.41) is 9.34. The van der Waals surface area contributed by atoms with Gasteiger partial charge in [0.1, 0.15) is 5.82 Å². The maximum Gasteiger partial charge on any atom is 0.146 e. The molecule has 0 bridgehead atoms. The van der Waals surface area contributed by atoms with Crippen molar-refractivity contribution in [2.45, 2.75) is 19.1 Å². The monoisotopic (exact) mass is 282 g/mol. The van der Waals surface area contributed by atoms with Gasteiger partial charge in [0.25, 0.3) is 0 Å². The fourth-order valence-corrected chi connectivity index (χ4v) is 1.88. The molecule has 0 saturated carbocycles. The number of benzene rings is 1. The number of nitrogens with two attached hydrogens (primary N) is 1. The van der Waals surface area contributed by atoms with Crippen molar-refractivity contribution >= 4 is 30.5 Å². The van der Waals surface area contributed by atoms with E-state index in [9.17, 15) is 9.50 Å². The number of nitrogen functional groups attached to an aromatic ring is 1. The molecule has 0 aliphatic carbocycles. The Balaban J connectivity index is 0.00000128. The van der Waals surface area contributed by atoms with Crippen LogP contribution in [0.5, 0.6) is 0 Å². The van der Waals surface area contributed by atoms with Crippen LogP contribution in [0.25, 0.3) is 0 Å². The minimum absolute atomic E-state index is 0. The molecule has 0 spiro atoms. The van der Waals surface area contributed by atoms with E-state index in [1.165, 1.54) is 6.07 Å². The molecule has 1 heterocycles. The van der Waals surface area contributed by atoms with Crippen LogP contribution in [0.1, 0.15) is 12.0 Å². The lowest BCUT2D eigenvalue weighted by molar-refractivity contribution is 0.175. The summed E-state index contributed by atoms with van der Waals surface area (Å²) in [5.74, 6) is -0.368. The third-order valence-corrected chi connectivity index (χ3v) is 2.72. The third-order valence-electron chi connectivity index (χ3n) is 2.72. The van der Waals surface area contributed by atoms with Gasteiger partial charge < -0.3 is 10.8 Å². The number of likely N-dealkylation sites (tertiary alicyclic amines) is 1. The summed E-state index contributed by atoms with van der Waals surface area (Å²) in [4.78, 5) is 2.11. The minimum atomic E-state index is -0.368. The van der Waals surface area contributed by atoms with E-state index in [0.29, 0.717) is 13.1 Å². The van der Waals surface area contributed by atoms with Crippen molar-refractivity contribution < 1.29 is 9.50 Å². The summed E-state index contributed by atoms with van der Waals surface area (Å²) in [6.45, 7) is 2.22. The first-order valence-electron chi connectivity index (χ1n) is 5.09. The second-order valence-corrected chi connectivity index (χ2v) is 4.03. The molecule has 1 aliphatic rings. The van der Waals surface area contributed by atoms with Crippen LogP contribution in [0.3, 0.4) is 0 Å². The summed E-state index contributed by atoms with van der Waals surface area (Å²) in [6, 6.07) is 4.86. The molecule has 98 valence electrons. The molecule has 1 aliphatic heterocycles. The highest BCUT2D eigenvalue weighted by molar-refractivity contribution is 5.85. The molecule has 0 amide bonds. The average Bonchev–Trinajstić information content (AvgIpc) is 2.58. The molecule has 1 atom stereocenters. The Morgan fingerprint density at radius 2 is 2.12 bits per heavy atom. The fourth-order valence-electron chi connectivity index (χ4n) is 1.88. The third kappa shape index (κ3) is 4.32. The Kier molecular flexibility index (Phi) is 6.78. The molecule has 1 fully saturated rings. The predicted octanol–water partition coefficient (Wildman–Crippen LogP) is 1.82. The van der Waals surface area contributed by atoms with Gasteiger partial charge in [-0.25, -0.2) is 4.39 Å². The standard InChI is InChI=1S/C11H15FN2O.2ClH/c12-10-5-8(1-2-11(10)13)6-14-4-3-9(15)7-14;;/h1-2,5,9,15H,3-4,6-7,13H2;2*1H. The van der Waals surface area contributed by atoms with Gasteiger partial charge in [-0.15, -0.1) is 24.8 Å². The van der Waals surface area contributed by atoms with Crippen LogP contribution in [0.2, 0.25) is 0 Å². The summed E-state index contributed by atoms with van der Waals surface area (Å²) < 4.78 is 13.1. The van der Waals surface area contributed by atoms with Crippen molar-refractivity contribution in [1.29, 1.82) is 0 Å². The van der Waals surface area contributed by atoms with Crippen LogP contribution in [0.4, 0.5) is 10.1 Å². The number of nitrogens with zero attached hydrogens (tertiary/aromatic N) is 1. The van der Waals surface area contributed by atoms with Crippen molar-refractivity contribution in [1.82, 2.24) is 4.90 Å². The molecule has 0 aromatic heterocycles. The van der Waals surface area contributed by atoms with E-state index in [-0.39, 0.29) is 42.4 Å². The molecular weight excluding hydrogens is 266 g/mol. The molecule has 1 unspecified atom stereocenters. The number of aliphatic hydroxyl groups is 1. The zero-order valence-corrected chi connectivity index (χ0v) is 10.9. The summed E-state index contributed by atoms with van der Waals surface area (Å²) >= 11 is 0. The number of anilines is 1. The quantitative estimate of drug-likeness (QED) is 0.814. The molecule has 3 N–H and O–H groups in total. The summed E-state index contributed by atoms with van der Waals surface area (Å²) in [6.07, 6.45) is 0.570. The van der Waals surface area contributed by atoms with Gasteiger partial charge in [-0.05, 0) is 24.1 Å². The first kappa shape index (κ1) is 16.4. The highest BCUT2D eigenvalue weighted by atomic mass is 35.5. The van der Waals surface area contributed by atoms with Gasteiger partial charge >= 0.3 is 0 Å². The van der Waals surface area contributed by atoms with Gasteiger partial charge in [0.15, 0.2) is 0 Å². The molecular formula is C11H17Cl2FN2O. The summed E-state index contributed by atoms with van der Waals surface area (Å²) in [7, 11) is 0. The zero-order valence-electron chi connectivity index (χ0n) is 9.30. The Hall–Kier alpha value is -0.550. The highest BCUT2D eigenvalue weighted by Gasteiger charge is 2.19. The average molecular weight is 283 g/mol. The summed E-state index contributed by atoms with van der Waals surface area (Å²) in [5.41, 5.74) is 6.47. The van der Waals surface area contributed by atoms with E-state index in [1.807, 2.05) is 6.07 Å². The number of halogens is 3. The topological polar surface area (TPSA) is 49.5 Å². The van der Waals surface area contributed by atoms with Crippen LogP contribution in [0.15, 0.2) is 18.2 Å². The normalized spacial score (nSPS) is 19.5. The van der Waals surface area contributed by atoms with E-state index in [1.54, 1.807) is 6.07 Å². The molecule has 3 nitrogen and oxygen atoms in total. The number of rotatable bonds is 2. The predicted molar refractivity (Wildman–Crippen MR) is 71.2 cm³/mol. The van der Waals surface area contributed by atoms with Crippen molar-refractivity contribution in [2.75, 3.05) is 18.8 Å². The van der Waals surface area contributed by atoms with Gasteiger partial charge in [0, 0.05) is 19.6 Å². The van der Waals surface area contributed by atoms with Gasteiger partial charge in [-0.3, -0.25) is 4.90 Å². The molecule has 2 rings (SSSR count). The van der Waals surface area contributed by atoms with Crippen molar-refractivity contribution in [3.05, 3.63) is 29.6 Å². The lowest BCUT2D eigenvalue weighted by atomic mass is 10.2. The van der Waals surface area contributed by atoms with E-state index in [4.69, 9.17) is 5.73 Å². The second kappa shape index (κ2) is 7.01. The lowest BCUT2D eigenvalue weighted by Gasteiger charge is -2.14. The Bertz CT molecular complexity index is 365. The van der Waals surface area contributed by atoms with E-state index in [2.05, 4.69) is 4.90 Å². The second-order valence-electron chi connectivity index (χ2n) is 4.03. The molecule has 1 aromatic rings. The first-order chi connectivity index (χ1) is 7.15. The highest BCUT2D eigenvalue weighted by Crippen LogP contribution is 2.16.